The number of nitrogens with one attached hydrogen (secondary N) is 2. The van der Waals surface area contributed by atoms with Gasteiger partial charge in [-0.15, -0.1) is 0 Å². The first kappa shape index (κ1) is 25.0. The van der Waals surface area contributed by atoms with Gasteiger partial charge in [-0.1, -0.05) is 21.2 Å². The molecule has 1 aliphatic rings. The first-order valence-corrected chi connectivity index (χ1v) is 12.2. The predicted molar refractivity (Wildman–Crippen MR) is 135 cm³/mol. The lowest BCUT2D eigenvalue weighted by Crippen LogP contribution is -2.39. The average Bonchev–Trinajstić information content (AvgIpc) is 2.76. The van der Waals surface area contributed by atoms with Crippen molar-refractivity contribution in [3.05, 3.63) is 61.0 Å². The number of nitrogens with zero attached hydrogens (tertiary/aromatic N) is 3. The van der Waals surface area contributed by atoms with Crippen LogP contribution in [0.3, 0.4) is 0 Å². The number of anilines is 1. The fourth-order valence-electron chi connectivity index (χ4n) is 4.77. The Balaban J connectivity index is 1.81. The number of carbonyl (C=O) groups excluding carboxylic acids is 1. The van der Waals surface area contributed by atoms with Gasteiger partial charge in [-0.05, 0) is 82.7 Å². The lowest BCUT2D eigenvalue weighted by molar-refractivity contribution is 0.0950. The van der Waals surface area contributed by atoms with E-state index in [1.807, 2.05) is 32.9 Å². The topological polar surface area (TPSA) is 116 Å². The summed E-state index contributed by atoms with van der Waals surface area (Å²) in [5, 5.41) is 10.5. The molecule has 0 saturated heterocycles. The highest BCUT2D eigenvalue weighted by Gasteiger charge is 2.27. The van der Waals surface area contributed by atoms with Gasteiger partial charge in [0.05, 0.1) is 6.04 Å². The third kappa shape index (κ3) is 5.82. The maximum atomic E-state index is 13.1. The highest BCUT2D eigenvalue weighted by Crippen LogP contribution is 2.34. The minimum absolute atomic E-state index is 0.165. The van der Waals surface area contributed by atoms with Gasteiger partial charge >= 0.3 is 0 Å². The van der Waals surface area contributed by atoms with Crippen molar-refractivity contribution in [2.45, 2.75) is 72.0 Å². The molecule has 1 aromatic carbocycles. The third-order valence-electron chi connectivity index (χ3n) is 6.50. The van der Waals surface area contributed by atoms with Crippen molar-refractivity contribution >= 4 is 27.5 Å². The molecule has 8 nitrogen and oxygen atoms in total. The van der Waals surface area contributed by atoms with E-state index >= 15 is 0 Å². The van der Waals surface area contributed by atoms with E-state index in [2.05, 4.69) is 54.5 Å². The van der Waals surface area contributed by atoms with Crippen LogP contribution < -0.4 is 21.6 Å². The number of amides is 1. The number of aromatic amines is 1. The fourth-order valence-corrected chi connectivity index (χ4v) is 5.21. The van der Waals surface area contributed by atoms with Gasteiger partial charge < -0.3 is 21.0 Å². The van der Waals surface area contributed by atoms with E-state index in [0.717, 1.165) is 59.2 Å². The highest BCUT2D eigenvalue weighted by atomic mass is 79.9. The van der Waals surface area contributed by atoms with E-state index in [-0.39, 0.29) is 24.1 Å². The van der Waals surface area contributed by atoms with Gasteiger partial charge in [0.2, 0.25) is 0 Å². The standard InChI is InChI=1S/C24H33BrN6O2/c1-5-31(19-8-6-18(7-9-19)29-30-26)22-12-17(25)11-20(16(22)4)23(32)27-13-21-14(2)10-15(3)28-24(21)33/h10-12,18-19H,5-9,13H2,1-4H3,(H2,26,29)(H,27,32)(H,28,33). The summed E-state index contributed by atoms with van der Waals surface area (Å²) < 4.78 is 0.849. The van der Waals surface area contributed by atoms with Crippen LogP contribution in [-0.2, 0) is 6.54 Å². The van der Waals surface area contributed by atoms with Crippen LogP contribution in [0, 0.1) is 20.8 Å². The zero-order chi connectivity index (χ0) is 24.1. The van der Waals surface area contributed by atoms with Crippen molar-refractivity contribution in [2.75, 3.05) is 11.4 Å². The van der Waals surface area contributed by atoms with Crippen molar-refractivity contribution in [1.29, 1.82) is 0 Å². The Labute approximate surface area is 203 Å². The van der Waals surface area contributed by atoms with Crippen LogP contribution in [0.15, 0.2) is 37.8 Å². The predicted octanol–water partition coefficient (Wildman–Crippen LogP) is 4.46. The van der Waals surface area contributed by atoms with Crippen LogP contribution >= 0.6 is 15.9 Å². The summed E-state index contributed by atoms with van der Waals surface area (Å²) in [6.45, 7) is 8.87. The molecule has 0 bridgehead atoms. The molecule has 33 heavy (non-hydrogen) atoms. The van der Waals surface area contributed by atoms with Crippen LogP contribution in [0.2, 0.25) is 0 Å². The lowest BCUT2D eigenvalue weighted by Gasteiger charge is -2.38. The molecule has 1 fully saturated rings. The number of benzene rings is 1. The number of halogens is 1. The highest BCUT2D eigenvalue weighted by molar-refractivity contribution is 9.10. The number of aryl methyl sites for hydroxylation is 2. The molecule has 0 unspecified atom stereocenters. The molecule has 3 rings (SSSR count). The van der Waals surface area contributed by atoms with Gasteiger partial charge in [0.1, 0.15) is 0 Å². The number of carbonyl (C=O) groups is 1. The molecule has 9 heteroatoms. The SMILES string of the molecule is CCN(c1cc(Br)cc(C(=O)NCc2c(C)cc(C)[nH]c2=O)c1C)C1CCC(N=NN)CC1. The molecule has 178 valence electrons. The number of aromatic nitrogens is 1. The molecule has 4 N–H and O–H groups in total. The molecule has 1 heterocycles. The molecule has 2 aromatic rings. The Morgan fingerprint density at radius 2 is 1.91 bits per heavy atom. The summed E-state index contributed by atoms with van der Waals surface area (Å²) in [4.78, 5) is 30.6. The lowest BCUT2D eigenvalue weighted by atomic mass is 9.90. The monoisotopic (exact) mass is 516 g/mol. The van der Waals surface area contributed by atoms with E-state index in [1.54, 1.807) is 0 Å². The number of hydrogen-bond donors (Lipinski definition) is 3. The fraction of sp³-hybridized carbons (Fsp3) is 0.500. The van der Waals surface area contributed by atoms with Crippen LogP contribution in [0.4, 0.5) is 5.69 Å². The van der Waals surface area contributed by atoms with E-state index in [1.165, 1.54) is 0 Å². The van der Waals surface area contributed by atoms with Gasteiger partial charge in [0, 0.05) is 46.1 Å². The molecule has 0 aliphatic heterocycles. The molecule has 0 radical (unpaired) electrons. The summed E-state index contributed by atoms with van der Waals surface area (Å²) in [5.41, 5.74) is 4.65. The van der Waals surface area contributed by atoms with Gasteiger partial charge in [0.15, 0.2) is 0 Å². The van der Waals surface area contributed by atoms with E-state index in [9.17, 15) is 9.59 Å². The molecule has 0 spiro atoms. The Morgan fingerprint density at radius 1 is 1.21 bits per heavy atom. The average molecular weight is 517 g/mol. The third-order valence-corrected chi connectivity index (χ3v) is 6.95. The van der Waals surface area contributed by atoms with Gasteiger partial charge in [0.25, 0.3) is 11.5 Å². The number of nitrogens with two attached hydrogens (primary N) is 1. The minimum Gasteiger partial charge on any atom is -0.369 e. The number of pyridine rings is 1. The summed E-state index contributed by atoms with van der Waals surface area (Å²) in [7, 11) is 0. The molecule has 1 amide bonds. The zero-order valence-corrected chi connectivity index (χ0v) is 21.3. The van der Waals surface area contributed by atoms with Crippen molar-refractivity contribution in [3.8, 4) is 0 Å². The molecule has 1 aliphatic carbocycles. The Bertz CT molecular complexity index is 1090. The zero-order valence-electron chi connectivity index (χ0n) is 19.7. The second-order valence-corrected chi connectivity index (χ2v) is 9.62. The summed E-state index contributed by atoms with van der Waals surface area (Å²) in [6, 6.07) is 6.40. The van der Waals surface area contributed by atoms with Gasteiger partial charge in [-0.25, -0.2) is 0 Å². The Morgan fingerprint density at radius 3 is 2.52 bits per heavy atom. The maximum absolute atomic E-state index is 13.1. The first-order chi connectivity index (χ1) is 15.7. The van der Waals surface area contributed by atoms with Crippen molar-refractivity contribution in [1.82, 2.24) is 10.3 Å². The van der Waals surface area contributed by atoms with E-state index < -0.39 is 0 Å². The molecule has 0 atom stereocenters. The normalized spacial score (nSPS) is 18.5. The second kappa shape index (κ2) is 11.0. The molecular formula is C24H33BrN6O2. The number of hydrogen-bond acceptors (Lipinski definition) is 5. The van der Waals surface area contributed by atoms with E-state index in [0.29, 0.717) is 17.2 Å². The first-order valence-electron chi connectivity index (χ1n) is 11.4. The van der Waals surface area contributed by atoms with Gasteiger partial charge in [-0.2, -0.15) is 5.11 Å². The molecule has 1 saturated carbocycles. The van der Waals surface area contributed by atoms with Gasteiger partial charge in [-0.3, -0.25) is 9.59 Å². The summed E-state index contributed by atoms with van der Waals surface area (Å²) in [5.74, 6) is 5.03. The summed E-state index contributed by atoms with van der Waals surface area (Å²) >= 11 is 3.59. The van der Waals surface area contributed by atoms with Crippen LogP contribution in [-0.4, -0.2) is 29.5 Å². The largest absolute Gasteiger partial charge is 0.369 e. The Hall–Kier alpha value is -2.68. The van der Waals surface area contributed by atoms with Crippen molar-refractivity contribution in [3.63, 3.8) is 0 Å². The van der Waals surface area contributed by atoms with Crippen LogP contribution in [0.1, 0.15) is 65.3 Å². The van der Waals surface area contributed by atoms with Crippen molar-refractivity contribution < 1.29 is 4.79 Å². The molecule has 1 aromatic heterocycles. The minimum atomic E-state index is -0.197. The maximum Gasteiger partial charge on any atom is 0.253 e. The van der Waals surface area contributed by atoms with E-state index in [4.69, 9.17) is 5.84 Å². The van der Waals surface area contributed by atoms with Crippen molar-refractivity contribution in [2.24, 2.45) is 16.2 Å². The Kier molecular flexibility index (Phi) is 8.29. The van der Waals surface area contributed by atoms with Crippen LogP contribution in [0.25, 0.3) is 0 Å². The smallest absolute Gasteiger partial charge is 0.253 e. The number of rotatable bonds is 7. The van der Waals surface area contributed by atoms with Crippen LogP contribution in [0.5, 0.6) is 0 Å². The second-order valence-electron chi connectivity index (χ2n) is 8.70. The summed E-state index contributed by atoms with van der Waals surface area (Å²) in [6.07, 6.45) is 3.90. The molecular weight excluding hydrogens is 484 g/mol. The quantitative estimate of drug-likeness (QED) is 0.286. The number of H-pyrrole nitrogens is 1.